The van der Waals surface area contributed by atoms with Gasteiger partial charge in [-0.25, -0.2) is 4.98 Å². The molecule has 0 bridgehead atoms. The monoisotopic (exact) mass is 370 g/mol. The number of nitrogens with one attached hydrogen (secondary N) is 1. The highest BCUT2D eigenvalue weighted by molar-refractivity contribution is 6.04. The summed E-state index contributed by atoms with van der Waals surface area (Å²) in [5.41, 5.74) is 13.0. The smallest absolute Gasteiger partial charge is 0.157 e. The molecule has 2 aromatic heterocycles. The van der Waals surface area contributed by atoms with Crippen LogP contribution in [0.1, 0.15) is 17.5 Å². The van der Waals surface area contributed by atoms with Gasteiger partial charge in [0.2, 0.25) is 0 Å². The number of aryl methyl sites for hydroxylation is 1. The average molecular weight is 370 g/mol. The van der Waals surface area contributed by atoms with Gasteiger partial charge in [0.05, 0.1) is 11.9 Å². The van der Waals surface area contributed by atoms with Crippen LogP contribution in [0.4, 0.5) is 17.2 Å². The lowest BCUT2D eigenvalue weighted by Gasteiger charge is -2.11. The second-order valence-corrected chi connectivity index (χ2v) is 6.78. The number of anilines is 3. The average Bonchev–Trinajstić information content (AvgIpc) is 3.29. The zero-order valence-electron chi connectivity index (χ0n) is 15.0. The van der Waals surface area contributed by atoms with Crippen molar-refractivity contribution in [1.29, 1.82) is 0 Å². The predicted octanol–water partition coefficient (Wildman–Crippen LogP) is 3.85. The summed E-state index contributed by atoms with van der Waals surface area (Å²) in [7, 11) is 0. The van der Waals surface area contributed by atoms with Crippen LogP contribution in [-0.2, 0) is 6.42 Å². The first-order valence-corrected chi connectivity index (χ1v) is 9.02. The maximum atomic E-state index is 9.14. The van der Waals surface area contributed by atoms with Gasteiger partial charge in [-0.15, -0.1) is 0 Å². The molecule has 138 valence electrons. The first-order valence-electron chi connectivity index (χ1n) is 9.02. The second-order valence-electron chi connectivity index (χ2n) is 6.78. The van der Waals surface area contributed by atoms with Crippen LogP contribution in [0.15, 0.2) is 66.2 Å². The molecule has 28 heavy (non-hydrogen) atoms. The molecule has 0 unspecified atom stereocenters. The lowest BCUT2D eigenvalue weighted by atomic mass is 10.1. The van der Waals surface area contributed by atoms with Crippen molar-refractivity contribution in [3.05, 3.63) is 72.2 Å². The zero-order chi connectivity index (χ0) is 19.1. The van der Waals surface area contributed by atoms with Gasteiger partial charge >= 0.3 is 0 Å². The van der Waals surface area contributed by atoms with Crippen molar-refractivity contribution in [3.63, 3.8) is 0 Å². The van der Waals surface area contributed by atoms with Gasteiger partial charge in [0.25, 0.3) is 0 Å². The maximum Gasteiger partial charge on any atom is 0.157 e. The third-order valence-electron chi connectivity index (χ3n) is 5.02. The Morgan fingerprint density at radius 3 is 2.93 bits per heavy atom. The van der Waals surface area contributed by atoms with Gasteiger partial charge in [-0.2, -0.15) is 0 Å². The fourth-order valence-corrected chi connectivity index (χ4v) is 3.70. The number of nitrogens with zero attached hydrogens (tertiary/aromatic N) is 4. The summed E-state index contributed by atoms with van der Waals surface area (Å²) in [5, 5.41) is 16.0. The molecule has 2 heterocycles. The summed E-state index contributed by atoms with van der Waals surface area (Å²) < 4.78 is 1.97. The number of rotatable bonds is 3. The standard InChI is InChI=1S/C21H18N6O/c22-15-3-1-2-14(10-15)20-21(27-9-8-23-12-19(27)25-20)24-16-5-6-17-13(11-16)4-7-18(17)26-28/h1-3,5-6,8-12,24,28H,4,7,22H2/b26-18+. The van der Waals surface area contributed by atoms with E-state index in [-0.39, 0.29) is 0 Å². The number of nitrogens with two attached hydrogens (primary N) is 1. The zero-order valence-corrected chi connectivity index (χ0v) is 15.0. The number of hydrogen-bond donors (Lipinski definition) is 3. The van der Waals surface area contributed by atoms with Crippen molar-refractivity contribution in [2.24, 2.45) is 5.16 Å². The van der Waals surface area contributed by atoms with Gasteiger partial charge in [0.15, 0.2) is 5.65 Å². The molecule has 0 atom stereocenters. The Kier molecular flexibility index (Phi) is 3.72. The van der Waals surface area contributed by atoms with Crippen LogP contribution in [0, 0.1) is 0 Å². The summed E-state index contributed by atoms with van der Waals surface area (Å²) in [6, 6.07) is 13.7. The first kappa shape index (κ1) is 16.3. The van der Waals surface area contributed by atoms with Gasteiger partial charge in [-0.1, -0.05) is 23.4 Å². The molecule has 1 aliphatic carbocycles. The first-order chi connectivity index (χ1) is 13.7. The third-order valence-corrected chi connectivity index (χ3v) is 5.02. The molecule has 7 heteroatoms. The van der Waals surface area contributed by atoms with Crippen molar-refractivity contribution in [3.8, 4) is 11.3 Å². The van der Waals surface area contributed by atoms with E-state index in [1.807, 2.05) is 47.0 Å². The van der Waals surface area contributed by atoms with Gasteiger partial charge in [0.1, 0.15) is 11.5 Å². The highest BCUT2D eigenvalue weighted by Gasteiger charge is 2.20. The molecule has 0 spiro atoms. The molecular formula is C21H18N6O. The van der Waals surface area contributed by atoms with Crippen molar-refractivity contribution in [1.82, 2.24) is 14.4 Å². The summed E-state index contributed by atoms with van der Waals surface area (Å²) in [6.07, 6.45) is 6.96. The van der Waals surface area contributed by atoms with Crippen molar-refractivity contribution >= 4 is 28.6 Å². The van der Waals surface area contributed by atoms with Crippen LogP contribution in [0.3, 0.4) is 0 Å². The lowest BCUT2D eigenvalue weighted by molar-refractivity contribution is 0.318. The molecule has 5 rings (SSSR count). The van der Waals surface area contributed by atoms with Crippen LogP contribution in [0.25, 0.3) is 16.9 Å². The van der Waals surface area contributed by atoms with E-state index in [2.05, 4.69) is 21.5 Å². The van der Waals surface area contributed by atoms with Crippen LogP contribution < -0.4 is 11.1 Å². The molecule has 0 radical (unpaired) electrons. The Labute approximate surface area is 161 Å². The molecule has 0 aliphatic heterocycles. The van der Waals surface area contributed by atoms with Crippen LogP contribution in [0.2, 0.25) is 0 Å². The Hall–Kier alpha value is -3.87. The fourth-order valence-electron chi connectivity index (χ4n) is 3.70. The van der Waals surface area contributed by atoms with E-state index < -0.39 is 0 Å². The molecule has 0 fully saturated rings. The quantitative estimate of drug-likeness (QED) is 0.289. The van der Waals surface area contributed by atoms with E-state index in [0.29, 0.717) is 5.69 Å². The molecule has 0 amide bonds. The Balaban J connectivity index is 1.62. The molecule has 0 saturated heterocycles. The summed E-state index contributed by atoms with van der Waals surface area (Å²) in [4.78, 5) is 8.93. The summed E-state index contributed by atoms with van der Waals surface area (Å²) in [6.45, 7) is 0. The number of nitrogen functional groups attached to an aromatic ring is 1. The van der Waals surface area contributed by atoms with E-state index in [4.69, 9.17) is 15.9 Å². The third kappa shape index (κ3) is 2.64. The molecule has 0 saturated carbocycles. The topological polar surface area (TPSA) is 101 Å². The van der Waals surface area contributed by atoms with Crippen LogP contribution >= 0.6 is 0 Å². The molecule has 1 aliphatic rings. The van der Waals surface area contributed by atoms with E-state index in [0.717, 1.165) is 52.5 Å². The molecule has 4 aromatic rings. The minimum atomic E-state index is 0.687. The van der Waals surface area contributed by atoms with Crippen molar-refractivity contribution in [2.75, 3.05) is 11.1 Å². The summed E-state index contributed by atoms with van der Waals surface area (Å²) in [5.74, 6) is 0.844. The van der Waals surface area contributed by atoms with Crippen molar-refractivity contribution < 1.29 is 5.21 Å². The number of oxime groups is 1. The van der Waals surface area contributed by atoms with E-state index in [1.165, 1.54) is 5.56 Å². The number of aromatic nitrogens is 3. The molecule has 7 nitrogen and oxygen atoms in total. The number of hydrogen-bond acceptors (Lipinski definition) is 6. The van der Waals surface area contributed by atoms with Gasteiger partial charge in [-0.3, -0.25) is 9.38 Å². The highest BCUT2D eigenvalue weighted by Crippen LogP contribution is 2.33. The number of imidazole rings is 1. The van der Waals surface area contributed by atoms with E-state index >= 15 is 0 Å². The molecular weight excluding hydrogens is 352 g/mol. The minimum Gasteiger partial charge on any atom is -0.411 e. The number of benzene rings is 2. The van der Waals surface area contributed by atoms with Crippen LogP contribution in [-0.4, -0.2) is 25.3 Å². The van der Waals surface area contributed by atoms with E-state index in [1.54, 1.807) is 12.4 Å². The van der Waals surface area contributed by atoms with Gasteiger partial charge in [0, 0.05) is 34.9 Å². The highest BCUT2D eigenvalue weighted by atomic mass is 16.4. The Bertz CT molecular complexity index is 1230. The van der Waals surface area contributed by atoms with Crippen LogP contribution in [0.5, 0.6) is 0 Å². The largest absolute Gasteiger partial charge is 0.411 e. The summed E-state index contributed by atoms with van der Waals surface area (Å²) >= 11 is 0. The Morgan fingerprint density at radius 2 is 2.07 bits per heavy atom. The molecule has 4 N–H and O–H groups in total. The fraction of sp³-hybridized carbons (Fsp3) is 0.0952. The normalized spacial score (nSPS) is 14.5. The maximum absolute atomic E-state index is 9.14. The lowest BCUT2D eigenvalue weighted by Crippen LogP contribution is -1.99. The molecule has 2 aromatic carbocycles. The van der Waals surface area contributed by atoms with Gasteiger partial charge in [-0.05, 0) is 42.7 Å². The second kappa shape index (κ2) is 6.38. The van der Waals surface area contributed by atoms with Crippen molar-refractivity contribution in [2.45, 2.75) is 12.8 Å². The minimum absolute atomic E-state index is 0.687. The Morgan fingerprint density at radius 1 is 1.14 bits per heavy atom. The number of fused-ring (bicyclic) bond motifs is 2. The van der Waals surface area contributed by atoms with E-state index in [9.17, 15) is 0 Å². The predicted molar refractivity (Wildman–Crippen MR) is 109 cm³/mol. The SMILES string of the molecule is Nc1cccc(-c2nc3cnccn3c2Nc2ccc3c(c2)CC/C3=N\O)c1. The van der Waals surface area contributed by atoms with Gasteiger partial charge < -0.3 is 16.3 Å².